The molecule has 2 aromatic rings. The summed E-state index contributed by atoms with van der Waals surface area (Å²) in [5.41, 5.74) is 2.94. The van der Waals surface area contributed by atoms with Crippen molar-refractivity contribution in [2.75, 3.05) is 57.9 Å². The number of para-hydroxylation sites is 1. The number of ether oxygens (including phenoxy) is 1. The number of piperazine rings is 1. The Labute approximate surface area is 188 Å². The van der Waals surface area contributed by atoms with Crippen molar-refractivity contribution in [3.05, 3.63) is 53.3 Å². The molecule has 0 unspecified atom stereocenters. The first-order chi connectivity index (χ1) is 15.6. The zero-order valence-electron chi connectivity index (χ0n) is 18.5. The van der Waals surface area contributed by atoms with Crippen molar-refractivity contribution in [1.82, 2.24) is 14.8 Å². The average molecular weight is 439 g/mol. The molecule has 0 saturated carbocycles. The zero-order chi connectivity index (χ0) is 22.5. The summed E-state index contributed by atoms with van der Waals surface area (Å²) in [7, 11) is 1.60. The second-order valence-corrected chi connectivity index (χ2v) is 8.18. The number of aromatic nitrogens is 1. The molecule has 170 valence electrons. The normalized spacial score (nSPS) is 16.6. The number of hydrogen-bond donors (Lipinski definition) is 1. The number of nitrogens with zero attached hydrogens (tertiary/aromatic N) is 4. The maximum atomic E-state index is 13.2. The summed E-state index contributed by atoms with van der Waals surface area (Å²) in [5, 5.41) is 9.11. The number of carbonyl (C=O) groups excluding carboxylic acids is 2. The topological polar surface area (TPSA) is 86.2 Å². The van der Waals surface area contributed by atoms with Crippen LogP contribution < -0.4 is 9.64 Å². The Balaban J connectivity index is 1.51. The van der Waals surface area contributed by atoms with Gasteiger partial charge in [0.15, 0.2) is 0 Å². The maximum Gasteiger partial charge on any atom is 0.255 e. The third-order valence-electron chi connectivity index (χ3n) is 6.19. The lowest BCUT2D eigenvalue weighted by Crippen LogP contribution is -2.49. The number of carbonyl (C=O) groups is 2. The van der Waals surface area contributed by atoms with Crippen molar-refractivity contribution in [2.45, 2.75) is 19.3 Å². The summed E-state index contributed by atoms with van der Waals surface area (Å²) in [5.74, 6) is 0.603. The number of β-amino-alcohol motifs (C(OH)–C–C–N with tert-alkyl or cyclic N) is 1. The molecule has 0 aliphatic carbocycles. The van der Waals surface area contributed by atoms with E-state index in [4.69, 9.17) is 9.84 Å². The lowest BCUT2D eigenvalue weighted by molar-refractivity contribution is -0.118. The van der Waals surface area contributed by atoms with Gasteiger partial charge in [-0.3, -0.25) is 19.5 Å². The van der Waals surface area contributed by atoms with Gasteiger partial charge in [-0.15, -0.1) is 0 Å². The lowest BCUT2D eigenvalue weighted by Gasteiger charge is -2.35. The lowest BCUT2D eigenvalue weighted by atomic mass is 10.0. The van der Waals surface area contributed by atoms with E-state index in [0.717, 1.165) is 42.9 Å². The first-order valence-electron chi connectivity index (χ1n) is 11.1. The standard InChI is InChI=1S/C24H30N4O4/c1-32-22-7-3-2-5-18(22)16-23(30)28-8-4-6-20-21(28)15-19(17-25-20)24(31)27-11-9-26(10-12-27)13-14-29/h2-3,5,7,15,17,29H,4,6,8-14,16H2,1H3. The Morgan fingerprint density at radius 1 is 1.12 bits per heavy atom. The second kappa shape index (κ2) is 10.1. The predicted molar refractivity (Wildman–Crippen MR) is 121 cm³/mol. The van der Waals surface area contributed by atoms with Crippen LogP contribution in [0.5, 0.6) is 5.75 Å². The third kappa shape index (κ3) is 4.76. The summed E-state index contributed by atoms with van der Waals surface area (Å²) in [4.78, 5) is 36.6. The summed E-state index contributed by atoms with van der Waals surface area (Å²) < 4.78 is 5.39. The molecule has 2 amide bonds. The molecule has 1 N–H and O–H groups in total. The van der Waals surface area contributed by atoms with Crippen LogP contribution in [0.15, 0.2) is 36.5 Å². The number of pyridine rings is 1. The summed E-state index contributed by atoms with van der Waals surface area (Å²) in [6.07, 6.45) is 3.50. The van der Waals surface area contributed by atoms with Crippen LogP contribution in [0.4, 0.5) is 5.69 Å². The SMILES string of the molecule is COc1ccccc1CC(=O)N1CCCc2ncc(C(=O)N3CCN(CCO)CC3)cc21. The van der Waals surface area contributed by atoms with Crippen LogP contribution in [0.1, 0.15) is 28.0 Å². The van der Waals surface area contributed by atoms with Gasteiger partial charge in [-0.05, 0) is 25.0 Å². The van der Waals surface area contributed by atoms with Crippen molar-refractivity contribution in [2.24, 2.45) is 0 Å². The van der Waals surface area contributed by atoms with Gasteiger partial charge in [0, 0.05) is 51.0 Å². The van der Waals surface area contributed by atoms with E-state index >= 15 is 0 Å². The van der Waals surface area contributed by atoms with Gasteiger partial charge in [-0.2, -0.15) is 0 Å². The first kappa shape index (κ1) is 22.2. The Morgan fingerprint density at radius 3 is 2.66 bits per heavy atom. The minimum atomic E-state index is -0.0633. The van der Waals surface area contributed by atoms with Crippen molar-refractivity contribution in [3.63, 3.8) is 0 Å². The molecule has 32 heavy (non-hydrogen) atoms. The van der Waals surface area contributed by atoms with Crippen LogP contribution in [-0.2, 0) is 17.6 Å². The van der Waals surface area contributed by atoms with Gasteiger partial charge in [0.2, 0.25) is 5.91 Å². The van der Waals surface area contributed by atoms with E-state index in [2.05, 4.69) is 9.88 Å². The molecule has 3 heterocycles. The molecule has 1 aromatic heterocycles. The van der Waals surface area contributed by atoms with Gasteiger partial charge in [-0.25, -0.2) is 0 Å². The number of fused-ring (bicyclic) bond motifs is 1. The molecular weight excluding hydrogens is 408 g/mol. The van der Waals surface area contributed by atoms with Crippen LogP contribution in [0.25, 0.3) is 0 Å². The summed E-state index contributed by atoms with van der Waals surface area (Å²) in [6.45, 7) is 4.09. The first-order valence-corrected chi connectivity index (χ1v) is 11.1. The Bertz CT molecular complexity index is 972. The Morgan fingerprint density at radius 2 is 1.91 bits per heavy atom. The van der Waals surface area contributed by atoms with Gasteiger partial charge in [0.25, 0.3) is 5.91 Å². The van der Waals surface area contributed by atoms with Crippen molar-refractivity contribution < 1.29 is 19.4 Å². The van der Waals surface area contributed by atoms with Crippen molar-refractivity contribution in [1.29, 1.82) is 0 Å². The third-order valence-corrected chi connectivity index (χ3v) is 6.19. The molecule has 0 radical (unpaired) electrons. The monoisotopic (exact) mass is 438 g/mol. The number of rotatable bonds is 6. The molecule has 1 saturated heterocycles. The fourth-order valence-electron chi connectivity index (χ4n) is 4.41. The largest absolute Gasteiger partial charge is 0.496 e. The molecule has 2 aliphatic rings. The minimum absolute atomic E-state index is 0.0283. The van der Waals surface area contributed by atoms with Gasteiger partial charge < -0.3 is 19.6 Å². The molecular formula is C24H30N4O4. The van der Waals surface area contributed by atoms with E-state index in [1.54, 1.807) is 18.2 Å². The van der Waals surface area contributed by atoms with Crippen LogP contribution >= 0.6 is 0 Å². The van der Waals surface area contributed by atoms with Crippen LogP contribution in [0.2, 0.25) is 0 Å². The number of aliphatic hydroxyl groups excluding tert-OH is 1. The van der Waals surface area contributed by atoms with E-state index in [0.29, 0.717) is 37.5 Å². The van der Waals surface area contributed by atoms with Crippen molar-refractivity contribution >= 4 is 17.5 Å². The second-order valence-electron chi connectivity index (χ2n) is 8.18. The fourth-order valence-corrected chi connectivity index (χ4v) is 4.41. The molecule has 8 nitrogen and oxygen atoms in total. The smallest absolute Gasteiger partial charge is 0.255 e. The Hall–Kier alpha value is -2.97. The molecule has 4 rings (SSSR count). The highest BCUT2D eigenvalue weighted by Gasteiger charge is 2.27. The maximum absolute atomic E-state index is 13.2. The van der Waals surface area contributed by atoms with E-state index in [1.807, 2.05) is 35.2 Å². The number of aliphatic hydroxyl groups is 1. The van der Waals surface area contributed by atoms with Gasteiger partial charge in [0.05, 0.1) is 37.1 Å². The Kier molecular flexibility index (Phi) is 7.02. The molecule has 2 aliphatic heterocycles. The predicted octanol–water partition coefficient (Wildman–Crippen LogP) is 1.36. The molecule has 0 bridgehead atoms. The number of amides is 2. The van der Waals surface area contributed by atoms with Gasteiger partial charge in [-0.1, -0.05) is 18.2 Å². The van der Waals surface area contributed by atoms with E-state index in [9.17, 15) is 9.59 Å². The van der Waals surface area contributed by atoms with Gasteiger partial charge >= 0.3 is 0 Å². The van der Waals surface area contributed by atoms with Crippen LogP contribution in [0, 0.1) is 0 Å². The molecule has 0 spiro atoms. The highest BCUT2D eigenvalue weighted by atomic mass is 16.5. The van der Waals surface area contributed by atoms with Crippen LogP contribution in [-0.4, -0.2) is 84.7 Å². The number of benzene rings is 1. The van der Waals surface area contributed by atoms with Gasteiger partial charge in [0.1, 0.15) is 5.75 Å². The van der Waals surface area contributed by atoms with E-state index in [-0.39, 0.29) is 24.8 Å². The molecule has 0 atom stereocenters. The zero-order valence-corrected chi connectivity index (χ0v) is 18.5. The number of methoxy groups -OCH3 is 1. The number of hydrogen-bond acceptors (Lipinski definition) is 6. The average Bonchev–Trinajstić information content (AvgIpc) is 2.84. The highest BCUT2D eigenvalue weighted by Crippen LogP contribution is 2.29. The van der Waals surface area contributed by atoms with Crippen molar-refractivity contribution in [3.8, 4) is 5.75 Å². The number of aryl methyl sites for hydroxylation is 1. The highest BCUT2D eigenvalue weighted by molar-refractivity contribution is 5.99. The quantitative estimate of drug-likeness (QED) is 0.733. The molecule has 1 aromatic carbocycles. The minimum Gasteiger partial charge on any atom is -0.496 e. The van der Waals surface area contributed by atoms with E-state index < -0.39 is 0 Å². The summed E-state index contributed by atoms with van der Waals surface area (Å²) >= 11 is 0. The van der Waals surface area contributed by atoms with E-state index in [1.165, 1.54) is 0 Å². The fraction of sp³-hybridized carbons (Fsp3) is 0.458. The molecule has 8 heteroatoms. The number of anilines is 1. The van der Waals surface area contributed by atoms with Crippen LogP contribution in [0.3, 0.4) is 0 Å². The molecule has 1 fully saturated rings. The summed E-state index contributed by atoms with van der Waals surface area (Å²) in [6, 6.07) is 9.36.